The summed E-state index contributed by atoms with van der Waals surface area (Å²) >= 11 is 0. The summed E-state index contributed by atoms with van der Waals surface area (Å²) in [5.74, 6) is 0. The first-order valence-electron chi connectivity index (χ1n) is 18.5. The average molecular weight is 693 g/mol. The van der Waals surface area contributed by atoms with E-state index in [9.17, 15) is 0 Å². The van der Waals surface area contributed by atoms with Crippen LogP contribution in [0.25, 0.3) is 59.8 Å². The van der Waals surface area contributed by atoms with E-state index in [2.05, 4.69) is 218 Å². The summed E-state index contributed by atoms with van der Waals surface area (Å²) in [6, 6.07) is 63.5. The standard InChI is InChI=1S/C52H40N2/c1-4-15-40(37-16-7-5-8-17-37)34-36(2)54(44-23-11-22-41(35-44)38-18-9-6-10-19-38)43-30-28-42(29-31-43)53(3)50-33-32-48-46-25-13-21-39-20-12-24-45(51(39)46)47-26-14-27-49(50)52(47)48/h4-35H,1H2,2-3H3/b36-34+,40-15+. The third kappa shape index (κ3) is 5.79. The molecule has 9 rings (SSSR count). The molecule has 0 N–H and O–H groups in total. The zero-order valence-corrected chi connectivity index (χ0v) is 30.6. The van der Waals surface area contributed by atoms with Crippen LogP contribution in [0.4, 0.5) is 22.7 Å². The lowest BCUT2D eigenvalue weighted by Crippen LogP contribution is -2.15. The molecule has 0 radical (unpaired) electrons. The van der Waals surface area contributed by atoms with Crippen LogP contribution < -0.4 is 9.80 Å². The lowest BCUT2D eigenvalue weighted by Gasteiger charge is -2.28. The van der Waals surface area contributed by atoms with Gasteiger partial charge in [0.25, 0.3) is 0 Å². The van der Waals surface area contributed by atoms with Crippen LogP contribution in [0.3, 0.4) is 0 Å². The topological polar surface area (TPSA) is 6.48 Å². The fourth-order valence-corrected chi connectivity index (χ4v) is 8.17. The highest BCUT2D eigenvalue weighted by molar-refractivity contribution is 6.34. The monoisotopic (exact) mass is 692 g/mol. The van der Waals surface area contributed by atoms with E-state index in [0.29, 0.717) is 0 Å². The molecule has 0 bridgehead atoms. The van der Waals surface area contributed by atoms with Gasteiger partial charge in [-0.25, -0.2) is 0 Å². The fraction of sp³-hybridized carbons (Fsp3) is 0.0385. The number of rotatable bonds is 9. The van der Waals surface area contributed by atoms with Crippen LogP contribution in [-0.2, 0) is 0 Å². The van der Waals surface area contributed by atoms with Gasteiger partial charge in [-0.2, -0.15) is 0 Å². The molecule has 0 saturated carbocycles. The quantitative estimate of drug-likeness (QED) is 0.0844. The molecule has 0 atom stereocenters. The zero-order chi connectivity index (χ0) is 36.6. The van der Waals surface area contributed by atoms with E-state index < -0.39 is 0 Å². The van der Waals surface area contributed by atoms with Crippen LogP contribution >= 0.6 is 0 Å². The van der Waals surface area contributed by atoms with Crippen LogP contribution in [0.5, 0.6) is 0 Å². The van der Waals surface area contributed by atoms with E-state index in [1.165, 1.54) is 59.9 Å². The van der Waals surface area contributed by atoms with Gasteiger partial charge in [0.15, 0.2) is 0 Å². The molecule has 0 aliphatic heterocycles. The minimum atomic E-state index is 1.08. The van der Waals surface area contributed by atoms with E-state index in [0.717, 1.165) is 33.9 Å². The first kappa shape index (κ1) is 33.0. The van der Waals surface area contributed by atoms with Crippen molar-refractivity contribution in [3.8, 4) is 11.1 Å². The summed E-state index contributed by atoms with van der Waals surface area (Å²) in [5.41, 5.74) is 10.2. The van der Waals surface area contributed by atoms with Crippen LogP contribution in [-0.4, -0.2) is 7.05 Å². The normalized spacial score (nSPS) is 12.2. The average Bonchev–Trinajstić information content (AvgIpc) is 3.23. The van der Waals surface area contributed by atoms with Crippen LogP contribution in [0.15, 0.2) is 206 Å². The highest BCUT2D eigenvalue weighted by Crippen LogP contribution is 2.44. The molecule has 0 aliphatic carbocycles. The van der Waals surface area contributed by atoms with Gasteiger partial charge in [-0.05, 0) is 115 Å². The summed E-state index contributed by atoms with van der Waals surface area (Å²) in [6.07, 6.45) is 6.19. The molecule has 258 valence electrons. The number of fused-ring (bicyclic) bond motifs is 2. The van der Waals surface area contributed by atoms with Crippen LogP contribution in [0.2, 0.25) is 0 Å². The van der Waals surface area contributed by atoms with E-state index in [-0.39, 0.29) is 0 Å². The molecular formula is C52H40N2. The molecular weight excluding hydrogens is 653 g/mol. The maximum atomic E-state index is 4.02. The Labute approximate surface area is 317 Å². The molecule has 0 saturated heterocycles. The lowest BCUT2D eigenvalue weighted by molar-refractivity contribution is 1.15. The fourth-order valence-electron chi connectivity index (χ4n) is 8.17. The molecule has 0 heterocycles. The van der Waals surface area contributed by atoms with Crippen molar-refractivity contribution in [2.45, 2.75) is 6.92 Å². The number of hydrogen-bond donors (Lipinski definition) is 0. The summed E-state index contributed by atoms with van der Waals surface area (Å²) in [4.78, 5) is 4.66. The Balaban J connectivity index is 1.14. The van der Waals surface area contributed by atoms with Gasteiger partial charge in [0.05, 0.1) is 0 Å². The molecule has 0 aliphatic rings. The summed E-state index contributed by atoms with van der Waals surface area (Å²) in [5, 5.41) is 10.4. The van der Waals surface area contributed by atoms with Gasteiger partial charge >= 0.3 is 0 Å². The first-order chi connectivity index (χ1) is 26.6. The smallest absolute Gasteiger partial charge is 0.0488 e. The van der Waals surface area contributed by atoms with Crippen molar-refractivity contribution in [2.75, 3.05) is 16.8 Å². The molecule has 54 heavy (non-hydrogen) atoms. The Hall–Kier alpha value is -6.90. The highest BCUT2D eigenvalue weighted by Gasteiger charge is 2.18. The molecule has 2 nitrogen and oxygen atoms in total. The zero-order valence-electron chi connectivity index (χ0n) is 30.6. The van der Waals surface area contributed by atoms with Gasteiger partial charge < -0.3 is 9.80 Å². The summed E-state index contributed by atoms with van der Waals surface area (Å²) in [6.45, 7) is 6.21. The van der Waals surface area contributed by atoms with Crippen molar-refractivity contribution in [1.82, 2.24) is 0 Å². The lowest BCUT2D eigenvalue weighted by atomic mass is 9.89. The molecule has 0 aromatic heterocycles. The molecule has 9 aromatic carbocycles. The van der Waals surface area contributed by atoms with Gasteiger partial charge in [0.1, 0.15) is 0 Å². The van der Waals surface area contributed by atoms with Crippen molar-refractivity contribution in [3.63, 3.8) is 0 Å². The van der Waals surface area contributed by atoms with Gasteiger partial charge in [-0.3, -0.25) is 0 Å². The van der Waals surface area contributed by atoms with Crippen LogP contribution in [0, 0.1) is 0 Å². The summed E-state index contributed by atoms with van der Waals surface area (Å²) in [7, 11) is 2.18. The maximum absolute atomic E-state index is 4.02. The highest BCUT2D eigenvalue weighted by atomic mass is 15.1. The molecule has 0 unspecified atom stereocenters. The van der Waals surface area contributed by atoms with Gasteiger partial charge in [0, 0.05) is 40.9 Å². The van der Waals surface area contributed by atoms with Gasteiger partial charge in [-0.1, -0.05) is 152 Å². The predicted molar refractivity (Wildman–Crippen MR) is 235 cm³/mol. The number of hydrogen-bond acceptors (Lipinski definition) is 2. The van der Waals surface area contributed by atoms with Crippen molar-refractivity contribution < 1.29 is 0 Å². The predicted octanol–water partition coefficient (Wildman–Crippen LogP) is 14.5. The van der Waals surface area contributed by atoms with Gasteiger partial charge in [-0.15, -0.1) is 0 Å². The number of nitrogens with zero attached hydrogens (tertiary/aromatic N) is 2. The molecule has 0 spiro atoms. The molecule has 0 amide bonds. The van der Waals surface area contributed by atoms with Gasteiger partial charge in [0.2, 0.25) is 0 Å². The second-order valence-electron chi connectivity index (χ2n) is 13.9. The van der Waals surface area contributed by atoms with Crippen molar-refractivity contribution in [2.24, 2.45) is 0 Å². The number of anilines is 4. The van der Waals surface area contributed by atoms with Crippen molar-refractivity contribution in [1.29, 1.82) is 0 Å². The van der Waals surface area contributed by atoms with Crippen LogP contribution in [0.1, 0.15) is 12.5 Å². The minimum absolute atomic E-state index is 1.08. The largest absolute Gasteiger partial charge is 0.344 e. The van der Waals surface area contributed by atoms with Crippen molar-refractivity contribution >= 4 is 71.4 Å². The first-order valence-corrected chi connectivity index (χ1v) is 18.5. The molecule has 2 heteroatoms. The van der Waals surface area contributed by atoms with E-state index >= 15 is 0 Å². The minimum Gasteiger partial charge on any atom is -0.344 e. The second kappa shape index (κ2) is 13.9. The third-order valence-electron chi connectivity index (χ3n) is 10.7. The van der Waals surface area contributed by atoms with E-state index in [1.807, 2.05) is 6.08 Å². The molecule has 9 aromatic rings. The Morgan fingerprint density at radius 2 is 1.07 bits per heavy atom. The number of benzene rings is 9. The van der Waals surface area contributed by atoms with E-state index in [4.69, 9.17) is 0 Å². The Morgan fingerprint density at radius 3 is 1.78 bits per heavy atom. The second-order valence-corrected chi connectivity index (χ2v) is 13.9. The third-order valence-corrected chi connectivity index (χ3v) is 10.7. The number of allylic oxidation sites excluding steroid dienone is 5. The maximum Gasteiger partial charge on any atom is 0.0488 e. The Bertz CT molecular complexity index is 2800. The Kier molecular flexibility index (Phi) is 8.49. The van der Waals surface area contributed by atoms with Crippen molar-refractivity contribution in [3.05, 3.63) is 212 Å². The van der Waals surface area contributed by atoms with E-state index in [1.54, 1.807) is 0 Å². The summed E-state index contributed by atoms with van der Waals surface area (Å²) < 4.78 is 0. The Morgan fingerprint density at radius 1 is 0.500 bits per heavy atom. The molecule has 0 fully saturated rings. The SMILES string of the molecule is C=C/C=C(\C=C(/C)N(c1ccc(N(C)c2ccc3c4cccc5cccc(c6cccc2c63)c54)cc1)c1cccc(-c2ccccc2)c1)c1ccccc1.